The number of hydrogen-bond donors (Lipinski definition) is 1. The maximum atomic E-state index is 11.3. The quantitative estimate of drug-likeness (QED) is 0.0626. The molecule has 55 heavy (non-hydrogen) atoms. The molecule has 0 aliphatic carbocycles. The molecule has 1 atom stereocenters. The fraction of sp³-hybridized carbons (Fsp3) is 0.981. The maximum Gasteiger partial charge on any atom is 0.303 e. The smallest absolute Gasteiger partial charge is 0.303 e. The number of aliphatic carboxylic acids is 1. The van der Waals surface area contributed by atoms with E-state index < -0.39 is 5.97 Å². The van der Waals surface area contributed by atoms with Gasteiger partial charge in [-0.15, -0.1) is 0 Å². The largest absolute Gasteiger partial charge is 0.481 e. The van der Waals surface area contributed by atoms with Gasteiger partial charge in [0.05, 0.1) is 0 Å². The van der Waals surface area contributed by atoms with Crippen LogP contribution in [0.3, 0.4) is 0 Å². The van der Waals surface area contributed by atoms with Gasteiger partial charge in [0.15, 0.2) is 0 Å². The van der Waals surface area contributed by atoms with Gasteiger partial charge < -0.3 is 10.0 Å². The zero-order chi connectivity index (χ0) is 40.0. The Bertz CT molecular complexity index is 664. The molecule has 0 spiro atoms. The highest BCUT2D eigenvalue weighted by atomic mass is 16.4. The molecule has 0 radical (unpaired) electrons. The van der Waals surface area contributed by atoms with Crippen molar-refractivity contribution in [1.29, 1.82) is 0 Å². The van der Waals surface area contributed by atoms with Crippen molar-refractivity contribution >= 4 is 5.97 Å². The van der Waals surface area contributed by atoms with Gasteiger partial charge in [-0.05, 0) is 38.8 Å². The second kappa shape index (κ2) is 47.8. The average Bonchev–Trinajstić information content (AvgIpc) is 3.18. The van der Waals surface area contributed by atoms with Gasteiger partial charge in [0.1, 0.15) is 0 Å². The Labute approximate surface area is 348 Å². The molecule has 3 heteroatoms. The van der Waals surface area contributed by atoms with Crippen LogP contribution in [0, 0.1) is 0 Å². The number of carbonyl (C=O) groups is 1. The van der Waals surface area contributed by atoms with Gasteiger partial charge in [-0.25, -0.2) is 0 Å². The summed E-state index contributed by atoms with van der Waals surface area (Å²) in [5, 5.41) is 9.33. The van der Waals surface area contributed by atoms with Crippen molar-refractivity contribution in [2.24, 2.45) is 0 Å². The van der Waals surface area contributed by atoms with Gasteiger partial charge in [-0.3, -0.25) is 4.79 Å². The Balaban J connectivity index is 3.75. The summed E-state index contributed by atoms with van der Waals surface area (Å²) in [4.78, 5) is 14.0. The Morgan fingerprint density at radius 3 is 0.727 bits per heavy atom. The summed E-state index contributed by atoms with van der Waals surface area (Å²) in [6.07, 6.45) is 62.2. The average molecular weight is 776 g/mol. The van der Waals surface area contributed by atoms with E-state index in [1.165, 1.54) is 270 Å². The first-order valence-corrected chi connectivity index (χ1v) is 26.1. The highest BCUT2D eigenvalue weighted by molar-refractivity contribution is 5.66. The summed E-state index contributed by atoms with van der Waals surface area (Å²) in [5.74, 6) is -0.637. The first kappa shape index (κ1) is 54.4. The van der Waals surface area contributed by atoms with E-state index in [4.69, 9.17) is 0 Å². The molecule has 0 saturated carbocycles. The van der Waals surface area contributed by atoms with Crippen molar-refractivity contribution in [3.8, 4) is 0 Å². The summed E-state index contributed by atoms with van der Waals surface area (Å²) in [7, 11) is 0. The lowest BCUT2D eigenvalue weighted by molar-refractivity contribution is -0.137. The van der Waals surface area contributed by atoms with Crippen LogP contribution in [-0.2, 0) is 4.79 Å². The summed E-state index contributed by atoms with van der Waals surface area (Å²) in [6.45, 7) is 9.19. The minimum absolute atomic E-state index is 0.313. The zero-order valence-electron chi connectivity index (χ0n) is 38.6. The molecule has 0 amide bonds. The highest BCUT2D eigenvalue weighted by Crippen LogP contribution is 2.19. The Hall–Kier alpha value is -0.570. The molecule has 0 fully saturated rings. The van der Waals surface area contributed by atoms with E-state index in [1.807, 2.05) is 0 Å². The summed E-state index contributed by atoms with van der Waals surface area (Å²) < 4.78 is 0. The van der Waals surface area contributed by atoms with Crippen LogP contribution in [0.2, 0.25) is 0 Å². The number of unbranched alkanes of at least 4 members (excludes halogenated alkanes) is 40. The molecule has 0 heterocycles. The van der Waals surface area contributed by atoms with E-state index in [1.54, 1.807) is 0 Å². The van der Waals surface area contributed by atoms with E-state index in [2.05, 4.69) is 25.7 Å². The van der Waals surface area contributed by atoms with Crippen LogP contribution >= 0.6 is 0 Å². The molecule has 0 rings (SSSR count). The molecule has 0 bridgehead atoms. The van der Waals surface area contributed by atoms with Gasteiger partial charge in [0.25, 0.3) is 0 Å². The number of nitrogens with zero attached hydrogens (tertiary/aromatic N) is 1. The van der Waals surface area contributed by atoms with Gasteiger partial charge in [0.2, 0.25) is 0 Å². The fourth-order valence-electron chi connectivity index (χ4n) is 8.91. The second-order valence-electron chi connectivity index (χ2n) is 18.2. The van der Waals surface area contributed by atoms with E-state index in [9.17, 15) is 9.90 Å². The molecule has 0 aromatic carbocycles. The standard InChI is InChI=1S/C52H105NO2/c1-4-7-9-11-13-15-17-19-21-23-25-27-29-31-33-35-37-39-41-43-45-49-53(51(6-3)47-48-52(54)55)50-46-44-42-40-38-36-34-32-30-28-26-24-22-20-18-16-14-12-10-8-5-2/h51H,4-50H2,1-3H3,(H,54,55). The van der Waals surface area contributed by atoms with E-state index in [-0.39, 0.29) is 0 Å². The minimum atomic E-state index is -0.637. The first-order valence-electron chi connectivity index (χ1n) is 26.1. The molecule has 0 aromatic heterocycles. The molecular weight excluding hydrogens is 671 g/mol. The van der Waals surface area contributed by atoms with Crippen molar-refractivity contribution in [3.05, 3.63) is 0 Å². The number of carboxylic acid groups (broad SMARTS) is 1. The SMILES string of the molecule is CCCCCCCCCCCCCCCCCCCCCCCN(CCCCCCCCCCCCCCCCCCCCCCC)C(CC)CCC(=O)O. The Morgan fingerprint density at radius 1 is 0.345 bits per heavy atom. The van der Waals surface area contributed by atoms with Crippen molar-refractivity contribution in [1.82, 2.24) is 4.90 Å². The van der Waals surface area contributed by atoms with Crippen LogP contribution in [0.4, 0.5) is 0 Å². The van der Waals surface area contributed by atoms with Crippen LogP contribution in [0.5, 0.6) is 0 Å². The molecule has 0 aromatic rings. The lowest BCUT2D eigenvalue weighted by atomic mass is 10.0. The van der Waals surface area contributed by atoms with Crippen molar-refractivity contribution in [2.75, 3.05) is 13.1 Å². The van der Waals surface area contributed by atoms with Crippen LogP contribution in [0.25, 0.3) is 0 Å². The summed E-state index contributed by atoms with van der Waals surface area (Å²) in [6, 6.07) is 0.436. The predicted octanol–water partition coefficient (Wildman–Crippen LogP) is 18.4. The predicted molar refractivity (Wildman–Crippen MR) is 248 cm³/mol. The molecule has 0 aliphatic heterocycles. The summed E-state index contributed by atoms with van der Waals surface area (Å²) in [5.41, 5.74) is 0. The highest BCUT2D eigenvalue weighted by Gasteiger charge is 2.17. The third-order valence-electron chi connectivity index (χ3n) is 12.8. The van der Waals surface area contributed by atoms with Gasteiger partial charge in [-0.2, -0.15) is 0 Å². The van der Waals surface area contributed by atoms with E-state index in [0.717, 1.165) is 25.9 Å². The minimum Gasteiger partial charge on any atom is -0.481 e. The monoisotopic (exact) mass is 776 g/mol. The van der Waals surface area contributed by atoms with Gasteiger partial charge in [0, 0.05) is 12.5 Å². The first-order chi connectivity index (χ1) is 27.2. The third kappa shape index (κ3) is 44.4. The van der Waals surface area contributed by atoms with Crippen LogP contribution in [-0.4, -0.2) is 35.1 Å². The van der Waals surface area contributed by atoms with Crippen LogP contribution in [0.15, 0.2) is 0 Å². The Morgan fingerprint density at radius 2 is 0.545 bits per heavy atom. The van der Waals surface area contributed by atoms with Crippen LogP contribution in [0.1, 0.15) is 310 Å². The lowest BCUT2D eigenvalue weighted by Gasteiger charge is -2.31. The molecule has 1 unspecified atom stereocenters. The molecule has 1 N–H and O–H groups in total. The van der Waals surface area contributed by atoms with Crippen molar-refractivity contribution in [3.63, 3.8) is 0 Å². The Kier molecular flexibility index (Phi) is 47.3. The van der Waals surface area contributed by atoms with Gasteiger partial charge >= 0.3 is 5.97 Å². The van der Waals surface area contributed by atoms with Gasteiger partial charge in [-0.1, -0.05) is 278 Å². The fourth-order valence-corrected chi connectivity index (χ4v) is 8.91. The third-order valence-corrected chi connectivity index (χ3v) is 12.8. The molecule has 0 aliphatic rings. The van der Waals surface area contributed by atoms with Crippen LogP contribution < -0.4 is 0 Å². The number of carboxylic acids is 1. The molecule has 330 valence electrons. The number of rotatable bonds is 49. The van der Waals surface area contributed by atoms with Crippen molar-refractivity contribution < 1.29 is 9.90 Å². The molecular formula is C52H105NO2. The van der Waals surface area contributed by atoms with E-state index >= 15 is 0 Å². The van der Waals surface area contributed by atoms with Crippen molar-refractivity contribution in [2.45, 2.75) is 316 Å². The number of hydrogen-bond acceptors (Lipinski definition) is 2. The molecule has 3 nitrogen and oxygen atoms in total. The lowest BCUT2D eigenvalue weighted by Crippen LogP contribution is -2.37. The summed E-state index contributed by atoms with van der Waals surface area (Å²) >= 11 is 0. The zero-order valence-corrected chi connectivity index (χ0v) is 38.6. The molecule has 0 saturated heterocycles. The second-order valence-corrected chi connectivity index (χ2v) is 18.2. The maximum absolute atomic E-state index is 11.3. The van der Waals surface area contributed by atoms with E-state index in [0.29, 0.717) is 12.5 Å². The normalized spacial score (nSPS) is 12.3. The topological polar surface area (TPSA) is 40.5 Å².